The second-order valence-corrected chi connectivity index (χ2v) is 10.1. The minimum absolute atomic E-state index is 0.0313. The van der Waals surface area contributed by atoms with E-state index in [9.17, 15) is 19.6 Å². The molecule has 0 radical (unpaired) electrons. The monoisotopic (exact) mass is 485 g/mol. The summed E-state index contributed by atoms with van der Waals surface area (Å²) in [7, 11) is -4.05. The number of hydrogen-bond donors (Lipinski definition) is 3. The highest BCUT2D eigenvalue weighted by molar-refractivity contribution is 7.48. The van der Waals surface area contributed by atoms with E-state index in [4.69, 9.17) is 23.0 Å². The number of fused-ring (bicyclic) bond motifs is 4. The topological polar surface area (TPSA) is 133 Å². The molecule has 0 spiro atoms. The molecule has 33 heavy (non-hydrogen) atoms. The van der Waals surface area contributed by atoms with Gasteiger partial charge in [0, 0.05) is 5.92 Å². The number of allylic oxidation sites excluding steroid dienone is 1. The van der Waals surface area contributed by atoms with Crippen molar-refractivity contribution in [3.05, 3.63) is 35.0 Å². The Balaban J connectivity index is 1.67. The van der Waals surface area contributed by atoms with E-state index in [0.29, 0.717) is 18.6 Å². The first-order valence-electron chi connectivity index (χ1n) is 11.6. The third-order valence-corrected chi connectivity index (χ3v) is 7.62. The Morgan fingerprint density at radius 2 is 1.85 bits per heavy atom. The van der Waals surface area contributed by atoms with E-state index in [1.165, 1.54) is 0 Å². The van der Waals surface area contributed by atoms with Crippen molar-refractivity contribution >= 4 is 13.7 Å². The van der Waals surface area contributed by atoms with Crippen molar-refractivity contribution < 1.29 is 42.6 Å². The van der Waals surface area contributed by atoms with Crippen LogP contribution >= 0.6 is 7.82 Å². The summed E-state index contributed by atoms with van der Waals surface area (Å²) in [6.45, 7) is 4.25. The van der Waals surface area contributed by atoms with Crippen LogP contribution in [0.4, 0.5) is 0 Å². The van der Waals surface area contributed by atoms with Gasteiger partial charge in [-0.3, -0.25) is 13.8 Å². The summed E-state index contributed by atoms with van der Waals surface area (Å²) < 4.78 is 41.7. The standard InChI is InChI=1S/C22H32NO9P/c1-3-5-9-30-33(27,31-10-6-4-2)32-21-17-14(11-16-20(21)29-12-28-16)13-7-8-15(24)19(25)18(13)23-22(17)26/h7,11,14-15,17-19,24-25H,3-6,8-10,12H2,1-2H3,(H,23,26). The number of amides is 1. The number of rotatable bonds is 10. The maximum absolute atomic E-state index is 13.5. The van der Waals surface area contributed by atoms with Gasteiger partial charge in [0.15, 0.2) is 11.5 Å². The molecule has 1 amide bonds. The Bertz CT molecular complexity index is 884. The van der Waals surface area contributed by atoms with Crippen LogP contribution < -0.4 is 5.32 Å². The van der Waals surface area contributed by atoms with Crippen molar-refractivity contribution in [1.82, 2.24) is 5.32 Å². The summed E-state index contributed by atoms with van der Waals surface area (Å²) in [5.74, 6) is -1.29. The number of phosphoric acid groups is 1. The first-order chi connectivity index (χ1) is 15.9. The molecule has 5 unspecified atom stereocenters. The second kappa shape index (κ2) is 10.2. The zero-order valence-corrected chi connectivity index (χ0v) is 19.8. The first-order valence-corrected chi connectivity index (χ1v) is 13.0. The Labute approximate surface area is 193 Å². The number of carbonyl (C=O) groups is 1. The van der Waals surface area contributed by atoms with Gasteiger partial charge in [-0.2, -0.15) is 0 Å². The summed E-state index contributed by atoms with van der Waals surface area (Å²) in [5.41, 5.74) is 0.731. The molecule has 2 aliphatic heterocycles. The quantitative estimate of drug-likeness (QED) is 0.243. The molecule has 0 aromatic heterocycles. The van der Waals surface area contributed by atoms with Crippen LogP contribution in [0.1, 0.15) is 46.0 Å². The molecular formula is C22H32NO9P. The molecule has 2 fully saturated rings. The summed E-state index contributed by atoms with van der Waals surface area (Å²) in [6.07, 6.45) is 4.71. The van der Waals surface area contributed by atoms with Crippen molar-refractivity contribution in [3.63, 3.8) is 0 Å². The molecule has 2 saturated heterocycles. The number of nitrogens with one attached hydrogen (secondary N) is 1. The van der Waals surface area contributed by atoms with Gasteiger partial charge in [0.1, 0.15) is 12.0 Å². The number of ether oxygens (including phenoxy) is 2. The molecular weight excluding hydrogens is 453 g/mol. The lowest BCUT2D eigenvalue weighted by atomic mass is 9.70. The Kier molecular flexibility index (Phi) is 7.50. The predicted molar refractivity (Wildman–Crippen MR) is 116 cm³/mol. The number of unbranched alkanes of at least 4 members (excludes halogenated alkanes) is 2. The molecule has 2 aliphatic carbocycles. The minimum Gasteiger partial charge on any atom is -0.454 e. The molecule has 0 aromatic carbocycles. The highest BCUT2D eigenvalue weighted by atomic mass is 31.2. The van der Waals surface area contributed by atoms with Gasteiger partial charge in [-0.1, -0.05) is 32.8 Å². The third-order valence-electron chi connectivity index (χ3n) is 6.20. The van der Waals surface area contributed by atoms with Gasteiger partial charge in [0.2, 0.25) is 18.5 Å². The highest BCUT2D eigenvalue weighted by Gasteiger charge is 2.52. The lowest BCUT2D eigenvalue weighted by molar-refractivity contribution is -0.130. The number of aliphatic hydroxyl groups excluding tert-OH is 2. The smallest absolute Gasteiger partial charge is 0.454 e. The van der Waals surface area contributed by atoms with E-state index in [1.54, 1.807) is 6.08 Å². The minimum atomic E-state index is -4.05. The number of carbonyl (C=O) groups excluding carboxylic acids is 1. The molecule has 0 bridgehead atoms. The van der Waals surface area contributed by atoms with Gasteiger partial charge in [0.05, 0.1) is 25.4 Å². The van der Waals surface area contributed by atoms with Crippen molar-refractivity contribution in [2.75, 3.05) is 20.0 Å². The highest BCUT2D eigenvalue weighted by Crippen LogP contribution is 2.56. The molecule has 3 N–H and O–H groups in total. The number of piperidine rings is 1. The first kappa shape index (κ1) is 24.3. The van der Waals surface area contributed by atoms with Crippen LogP contribution in [0.25, 0.3) is 0 Å². The molecule has 2 heterocycles. The van der Waals surface area contributed by atoms with Crippen LogP contribution in [0.3, 0.4) is 0 Å². The van der Waals surface area contributed by atoms with Crippen LogP contribution in [-0.2, 0) is 32.4 Å². The Morgan fingerprint density at radius 3 is 2.52 bits per heavy atom. The molecule has 0 saturated carbocycles. The van der Waals surface area contributed by atoms with Crippen LogP contribution in [0, 0.1) is 11.8 Å². The van der Waals surface area contributed by atoms with Crippen molar-refractivity contribution in [3.8, 4) is 0 Å². The molecule has 5 atom stereocenters. The number of aliphatic hydroxyl groups is 2. The van der Waals surface area contributed by atoms with Gasteiger partial charge < -0.3 is 29.5 Å². The van der Waals surface area contributed by atoms with Crippen LogP contribution in [0.15, 0.2) is 35.0 Å². The van der Waals surface area contributed by atoms with E-state index in [1.807, 2.05) is 19.9 Å². The summed E-state index contributed by atoms with van der Waals surface area (Å²) in [5, 5.41) is 23.3. The summed E-state index contributed by atoms with van der Waals surface area (Å²) in [4.78, 5) is 13.2. The molecule has 11 heteroatoms. The Hall–Kier alpha value is -1.84. The maximum atomic E-state index is 13.5. The van der Waals surface area contributed by atoms with Crippen LogP contribution in [-0.4, -0.2) is 54.4 Å². The second-order valence-electron chi connectivity index (χ2n) is 8.53. The molecule has 10 nitrogen and oxygen atoms in total. The van der Waals surface area contributed by atoms with E-state index < -0.39 is 43.8 Å². The maximum Gasteiger partial charge on any atom is 0.529 e. The predicted octanol–water partition coefficient (Wildman–Crippen LogP) is 2.64. The van der Waals surface area contributed by atoms with Crippen molar-refractivity contribution in [2.45, 2.75) is 64.2 Å². The van der Waals surface area contributed by atoms with E-state index >= 15 is 0 Å². The normalized spacial score (nSPS) is 30.8. The van der Waals surface area contributed by atoms with E-state index in [0.717, 1.165) is 18.4 Å². The van der Waals surface area contributed by atoms with Gasteiger partial charge in [0.25, 0.3) is 0 Å². The molecule has 184 valence electrons. The lowest BCUT2D eigenvalue weighted by Gasteiger charge is -2.44. The summed E-state index contributed by atoms with van der Waals surface area (Å²) >= 11 is 0. The fourth-order valence-electron chi connectivity index (χ4n) is 4.39. The largest absolute Gasteiger partial charge is 0.529 e. The average molecular weight is 485 g/mol. The fourth-order valence-corrected chi connectivity index (χ4v) is 5.71. The van der Waals surface area contributed by atoms with E-state index in [2.05, 4.69) is 5.32 Å². The number of hydrogen-bond acceptors (Lipinski definition) is 9. The van der Waals surface area contributed by atoms with Crippen molar-refractivity contribution in [2.24, 2.45) is 11.8 Å². The summed E-state index contributed by atoms with van der Waals surface area (Å²) in [6, 6.07) is -0.738. The lowest BCUT2D eigenvalue weighted by Crippen LogP contribution is -2.59. The van der Waals surface area contributed by atoms with Crippen LogP contribution in [0.2, 0.25) is 0 Å². The average Bonchev–Trinajstić information content (AvgIpc) is 3.26. The molecule has 4 rings (SSSR count). The van der Waals surface area contributed by atoms with Crippen LogP contribution in [0.5, 0.6) is 0 Å². The van der Waals surface area contributed by atoms with E-state index in [-0.39, 0.29) is 37.9 Å². The number of phosphoric ester groups is 1. The Morgan fingerprint density at radius 1 is 1.15 bits per heavy atom. The molecule has 4 aliphatic rings. The van der Waals surface area contributed by atoms with Gasteiger partial charge in [-0.15, -0.1) is 0 Å². The van der Waals surface area contributed by atoms with Gasteiger partial charge in [-0.05, 0) is 30.9 Å². The zero-order chi connectivity index (χ0) is 23.6. The van der Waals surface area contributed by atoms with Crippen molar-refractivity contribution in [1.29, 1.82) is 0 Å². The van der Waals surface area contributed by atoms with Gasteiger partial charge >= 0.3 is 7.82 Å². The molecule has 0 aromatic rings. The third kappa shape index (κ3) is 4.86. The SMILES string of the molecule is CCCCOP(=O)(OCCCC)OC1=C2OCOC2=CC2C3=CCC(O)C(O)C3NC(=O)C12. The zero-order valence-electron chi connectivity index (χ0n) is 18.9. The fraction of sp³-hybridized carbons (Fsp3) is 0.682. The van der Waals surface area contributed by atoms with Gasteiger partial charge in [-0.25, -0.2) is 4.57 Å².